The predicted octanol–water partition coefficient (Wildman–Crippen LogP) is 4.55. The molecule has 0 saturated carbocycles. The van der Waals surface area contributed by atoms with Crippen LogP contribution in [-0.4, -0.2) is 11.1 Å². The molecule has 20 heavy (non-hydrogen) atoms. The van der Waals surface area contributed by atoms with Gasteiger partial charge in [0.05, 0.1) is 11.8 Å². The summed E-state index contributed by atoms with van der Waals surface area (Å²) in [6.07, 6.45) is 1.85. The van der Waals surface area contributed by atoms with Crippen molar-refractivity contribution in [3.8, 4) is 5.88 Å². The molecule has 1 N–H and O–H groups in total. The molecule has 0 bridgehead atoms. The van der Waals surface area contributed by atoms with Gasteiger partial charge >= 0.3 is 0 Å². The molecule has 1 heterocycles. The van der Waals surface area contributed by atoms with Gasteiger partial charge in [-0.1, -0.05) is 28.1 Å². The standard InChI is InChI=1S/C16H19BrN2O/c1-11(2)20-16-15(5-4-8-18-16)19-10-13-7-6-12(3)9-14(13)17/h4-9,11,19H,10H2,1-3H3. The van der Waals surface area contributed by atoms with Crippen LogP contribution in [0.1, 0.15) is 25.0 Å². The predicted molar refractivity (Wildman–Crippen MR) is 86.2 cm³/mol. The minimum absolute atomic E-state index is 0.108. The fraction of sp³-hybridized carbons (Fsp3) is 0.312. The van der Waals surface area contributed by atoms with Gasteiger partial charge in [-0.15, -0.1) is 0 Å². The third kappa shape index (κ3) is 3.97. The van der Waals surface area contributed by atoms with Crippen molar-refractivity contribution in [2.45, 2.75) is 33.4 Å². The highest BCUT2D eigenvalue weighted by Crippen LogP contribution is 2.24. The molecule has 0 unspecified atom stereocenters. The quantitative estimate of drug-likeness (QED) is 0.870. The van der Waals surface area contributed by atoms with Crippen molar-refractivity contribution in [3.63, 3.8) is 0 Å². The van der Waals surface area contributed by atoms with E-state index in [0.717, 1.165) is 16.7 Å². The molecule has 2 rings (SSSR count). The largest absolute Gasteiger partial charge is 0.473 e. The van der Waals surface area contributed by atoms with Gasteiger partial charge < -0.3 is 10.1 Å². The lowest BCUT2D eigenvalue weighted by molar-refractivity contribution is 0.234. The van der Waals surface area contributed by atoms with Crippen molar-refractivity contribution in [2.24, 2.45) is 0 Å². The van der Waals surface area contributed by atoms with E-state index < -0.39 is 0 Å². The van der Waals surface area contributed by atoms with E-state index in [1.165, 1.54) is 11.1 Å². The van der Waals surface area contributed by atoms with Crippen LogP contribution in [0.4, 0.5) is 5.69 Å². The van der Waals surface area contributed by atoms with Gasteiger partial charge in [0.1, 0.15) is 0 Å². The third-order valence-electron chi connectivity index (χ3n) is 2.80. The van der Waals surface area contributed by atoms with Gasteiger partial charge in [0.25, 0.3) is 0 Å². The van der Waals surface area contributed by atoms with E-state index in [-0.39, 0.29) is 6.10 Å². The molecule has 0 atom stereocenters. The van der Waals surface area contributed by atoms with Crippen LogP contribution in [0.3, 0.4) is 0 Å². The maximum Gasteiger partial charge on any atom is 0.237 e. The number of rotatable bonds is 5. The third-order valence-corrected chi connectivity index (χ3v) is 3.53. The molecular formula is C16H19BrN2O. The van der Waals surface area contributed by atoms with E-state index >= 15 is 0 Å². The van der Waals surface area contributed by atoms with Crippen LogP contribution in [0.15, 0.2) is 41.0 Å². The summed E-state index contributed by atoms with van der Waals surface area (Å²) in [6, 6.07) is 10.2. The molecule has 2 aromatic rings. The summed E-state index contributed by atoms with van der Waals surface area (Å²) in [7, 11) is 0. The van der Waals surface area contributed by atoms with Gasteiger partial charge in [0.2, 0.25) is 5.88 Å². The molecular weight excluding hydrogens is 316 g/mol. The normalized spacial score (nSPS) is 10.7. The maximum atomic E-state index is 5.70. The van der Waals surface area contributed by atoms with Gasteiger partial charge in [-0.2, -0.15) is 0 Å². The Balaban J connectivity index is 2.10. The van der Waals surface area contributed by atoms with Gasteiger partial charge in [-0.05, 0) is 50.1 Å². The Kier molecular flexibility index (Phi) is 5.01. The molecule has 0 aliphatic rings. The van der Waals surface area contributed by atoms with E-state index in [1.807, 2.05) is 26.0 Å². The minimum Gasteiger partial charge on any atom is -0.473 e. The first-order valence-corrected chi connectivity index (χ1v) is 7.46. The number of hydrogen-bond donors (Lipinski definition) is 1. The van der Waals surface area contributed by atoms with Crippen molar-refractivity contribution in [2.75, 3.05) is 5.32 Å². The van der Waals surface area contributed by atoms with Gasteiger partial charge in [0, 0.05) is 17.2 Å². The maximum absolute atomic E-state index is 5.70. The number of pyridine rings is 1. The Morgan fingerprint density at radius 2 is 2.10 bits per heavy atom. The summed E-state index contributed by atoms with van der Waals surface area (Å²) in [5.41, 5.74) is 3.36. The molecule has 1 aromatic heterocycles. The van der Waals surface area contributed by atoms with Crippen LogP contribution in [0.5, 0.6) is 5.88 Å². The lowest BCUT2D eigenvalue weighted by Gasteiger charge is -2.14. The Bertz CT molecular complexity index is 584. The number of aromatic nitrogens is 1. The zero-order valence-corrected chi connectivity index (χ0v) is 13.6. The van der Waals surface area contributed by atoms with Crippen molar-refractivity contribution in [1.82, 2.24) is 4.98 Å². The van der Waals surface area contributed by atoms with Gasteiger partial charge in [0.15, 0.2) is 0 Å². The second-order valence-electron chi connectivity index (χ2n) is 4.97. The fourth-order valence-electron chi connectivity index (χ4n) is 1.83. The molecule has 0 radical (unpaired) electrons. The summed E-state index contributed by atoms with van der Waals surface area (Å²) in [5.74, 6) is 0.644. The Hall–Kier alpha value is -1.55. The highest BCUT2D eigenvalue weighted by Gasteiger charge is 2.07. The number of aryl methyl sites for hydroxylation is 1. The molecule has 0 aliphatic heterocycles. The number of nitrogens with one attached hydrogen (secondary N) is 1. The lowest BCUT2D eigenvalue weighted by Crippen LogP contribution is -2.10. The van der Waals surface area contributed by atoms with Gasteiger partial charge in [-0.3, -0.25) is 0 Å². The number of anilines is 1. The fourth-order valence-corrected chi connectivity index (χ4v) is 2.46. The SMILES string of the molecule is Cc1ccc(CNc2cccnc2OC(C)C)c(Br)c1. The first-order chi connectivity index (χ1) is 9.56. The van der Waals surface area contributed by atoms with Gasteiger partial charge in [-0.25, -0.2) is 4.98 Å². The molecule has 0 amide bonds. The van der Waals surface area contributed by atoms with Crippen LogP contribution in [0.2, 0.25) is 0 Å². The Morgan fingerprint density at radius 1 is 1.30 bits per heavy atom. The zero-order valence-electron chi connectivity index (χ0n) is 12.0. The molecule has 3 nitrogen and oxygen atoms in total. The molecule has 0 saturated heterocycles. The average Bonchev–Trinajstić information content (AvgIpc) is 2.39. The number of nitrogens with zero attached hydrogens (tertiary/aromatic N) is 1. The second-order valence-corrected chi connectivity index (χ2v) is 5.83. The summed E-state index contributed by atoms with van der Waals surface area (Å²) in [4.78, 5) is 4.27. The highest BCUT2D eigenvalue weighted by atomic mass is 79.9. The van der Waals surface area contributed by atoms with Crippen LogP contribution in [0.25, 0.3) is 0 Å². The molecule has 4 heteroatoms. The minimum atomic E-state index is 0.108. The van der Waals surface area contributed by atoms with Crippen LogP contribution >= 0.6 is 15.9 Å². The van der Waals surface area contributed by atoms with E-state index in [2.05, 4.69) is 51.4 Å². The molecule has 106 valence electrons. The highest BCUT2D eigenvalue weighted by molar-refractivity contribution is 9.10. The van der Waals surface area contributed by atoms with E-state index in [1.54, 1.807) is 6.20 Å². The number of benzene rings is 1. The molecule has 1 aromatic carbocycles. The molecule has 0 fully saturated rings. The second kappa shape index (κ2) is 6.75. The van der Waals surface area contributed by atoms with Crippen molar-refractivity contribution in [3.05, 3.63) is 52.1 Å². The summed E-state index contributed by atoms with van der Waals surface area (Å²) in [5, 5.41) is 3.38. The first kappa shape index (κ1) is 14.9. The van der Waals surface area contributed by atoms with Crippen molar-refractivity contribution in [1.29, 1.82) is 0 Å². The number of ether oxygens (including phenoxy) is 1. The molecule has 0 spiro atoms. The van der Waals surface area contributed by atoms with Crippen LogP contribution in [0, 0.1) is 6.92 Å². The Labute approximate surface area is 128 Å². The summed E-state index contributed by atoms with van der Waals surface area (Å²) >= 11 is 3.59. The number of hydrogen-bond acceptors (Lipinski definition) is 3. The van der Waals surface area contributed by atoms with E-state index in [4.69, 9.17) is 4.74 Å². The first-order valence-electron chi connectivity index (χ1n) is 6.67. The van der Waals surface area contributed by atoms with E-state index in [9.17, 15) is 0 Å². The summed E-state index contributed by atoms with van der Waals surface area (Å²) in [6.45, 7) is 6.79. The van der Waals surface area contributed by atoms with Crippen LogP contribution in [-0.2, 0) is 6.54 Å². The topological polar surface area (TPSA) is 34.2 Å². The zero-order chi connectivity index (χ0) is 14.5. The average molecular weight is 335 g/mol. The van der Waals surface area contributed by atoms with Crippen LogP contribution < -0.4 is 10.1 Å². The monoisotopic (exact) mass is 334 g/mol. The smallest absolute Gasteiger partial charge is 0.237 e. The van der Waals surface area contributed by atoms with Crippen molar-refractivity contribution < 1.29 is 4.74 Å². The van der Waals surface area contributed by atoms with E-state index in [0.29, 0.717) is 5.88 Å². The Morgan fingerprint density at radius 3 is 2.80 bits per heavy atom. The lowest BCUT2D eigenvalue weighted by atomic mass is 10.1. The number of halogens is 1. The molecule has 0 aliphatic carbocycles. The summed E-state index contributed by atoms with van der Waals surface area (Å²) < 4.78 is 6.81. The van der Waals surface area contributed by atoms with Crippen molar-refractivity contribution >= 4 is 21.6 Å².